The number of nitrogens with zero attached hydrogens (tertiary/aromatic N) is 1. The van der Waals surface area contributed by atoms with Crippen LogP contribution in [-0.2, 0) is 0 Å². The van der Waals surface area contributed by atoms with E-state index in [9.17, 15) is 4.79 Å². The monoisotopic (exact) mass is 288 g/mol. The summed E-state index contributed by atoms with van der Waals surface area (Å²) in [7, 11) is 0. The van der Waals surface area contributed by atoms with Crippen LogP contribution in [0, 0.1) is 0 Å². The molecule has 0 radical (unpaired) electrons. The van der Waals surface area contributed by atoms with Gasteiger partial charge in [0.25, 0.3) is 5.91 Å². The van der Waals surface area contributed by atoms with Gasteiger partial charge in [0.15, 0.2) is 0 Å². The van der Waals surface area contributed by atoms with Crippen molar-refractivity contribution in [1.29, 1.82) is 0 Å². The molecular formula is C16H17ClN2O. The van der Waals surface area contributed by atoms with Gasteiger partial charge in [-0.3, -0.25) is 9.78 Å². The molecule has 3 rings (SSSR count). The zero-order valence-electron chi connectivity index (χ0n) is 11.2. The van der Waals surface area contributed by atoms with Crippen molar-refractivity contribution >= 4 is 28.4 Å². The van der Waals surface area contributed by atoms with Crippen LogP contribution < -0.4 is 5.32 Å². The minimum Gasteiger partial charge on any atom is -0.349 e. The van der Waals surface area contributed by atoms with E-state index in [0.29, 0.717) is 5.56 Å². The zero-order valence-corrected chi connectivity index (χ0v) is 11.9. The summed E-state index contributed by atoms with van der Waals surface area (Å²) in [4.78, 5) is 16.7. The van der Waals surface area contributed by atoms with Crippen LogP contribution >= 0.6 is 11.6 Å². The molecule has 1 fully saturated rings. The standard InChI is InChI=1S/C16H17ClN2O/c17-11-5-7-12(8-6-11)19-16(20)14-9-10-18-15-4-2-1-3-13(14)15/h1-4,9-12H,5-8H2,(H,19,20). The summed E-state index contributed by atoms with van der Waals surface area (Å²) < 4.78 is 0. The van der Waals surface area contributed by atoms with Crippen molar-refractivity contribution in [2.45, 2.75) is 37.1 Å². The highest BCUT2D eigenvalue weighted by atomic mass is 35.5. The van der Waals surface area contributed by atoms with Gasteiger partial charge in [0.05, 0.1) is 11.1 Å². The molecule has 0 aliphatic heterocycles. The van der Waals surface area contributed by atoms with Gasteiger partial charge in [-0.15, -0.1) is 11.6 Å². The number of pyridine rings is 1. The molecular weight excluding hydrogens is 272 g/mol. The largest absolute Gasteiger partial charge is 0.349 e. The zero-order chi connectivity index (χ0) is 13.9. The number of para-hydroxylation sites is 1. The second-order valence-corrected chi connectivity index (χ2v) is 5.92. The number of aromatic nitrogens is 1. The van der Waals surface area contributed by atoms with E-state index in [1.165, 1.54) is 0 Å². The summed E-state index contributed by atoms with van der Waals surface area (Å²) >= 11 is 6.09. The van der Waals surface area contributed by atoms with Crippen LogP contribution in [0.4, 0.5) is 0 Å². The minimum absolute atomic E-state index is 0.0124. The first-order valence-electron chi connectivity index (χ1n) is 7.03. The van der Waals surface area contributed by atoms with Gasteiger partial charge in [0, 0.05) is 23.0 Å². The van der Waals surface area contributed by atoms with Crippen molar-refractivity contribution in [2.75, 3.05) is 0 Å². The first-order chi connectivity index (χ1) is 9.74. The molecule has 0 unspecified atom stereocenters. The Morgan fingerprint density at radius 3 is 2.70 bits per heavy atom. The lowest BCUT2D eigenvalue weighted by molar-refractivity contribution is 0.0929. The highest BCUT2D eigenvalue weighted by Crippen LogP contribution is 2.23. The number of carbonyl (C=O) groups is 1. The Bertz CT molecular complexity index is 615. The van der Waals surface area contributed by atoms with E-state index in [2.05, 4.69) is 10.3 Å². The maximum absolute atomic E-state index is 12.4. The summed E-state index contributed by atoms with van der Waals surface area (Å²) in [6.07, 6.45) is 5.56. The molecule has 1 amide bonds. The first-order valence-corrected chi connectivity index (χ1v) is 7.46. The lowest BCUT2D eigenvalue weighted by atomic mass is 9.94. The number of hydrogen-bond donors (Lipinski definition) is 1. The molecule has 2 aromatic rings. The van der Waals surface area contributed by atoms with Crippen molar-refractivity contribution in [1.82, 2.24) is 10.3 Å². The summed E-state index contributed by atoms with van der Waals surface area (Å²) in [5.41, 5.74) is 1.55. The van der Waals surface area contributed by atoms with E-state index in [1.54, 1.807) is 12.3 Å². The van der Waals surface area contributed by atoms with Crippen molar-refractivity contribution in [3.63, 3.8) is 0 Å². The summed E-state index contributed by atoms with van der Waals surface area (Å²) in [5.74, 6) is -0.0124. The van der Waals surface area contributed by atoms with Crippen molar-refractivity contribution in [3.05, 3.63) is 42.1 Å². The van der Waals surface area contributed by atoms with E-state index in [-0.39, 0.29) is 17.3 Å². The number of fused-ring (bicyclic) bond motifs is 1. The maximum atomic E-state index is 12.4. The quantitative estimate of drug-likeness (QED) is 0.859. The smallest absolute Gasteiger partial charge is 0.252 e. The lowest BCUT2D eigenvalue weighted by Crippen LogP contribution is -2.37. The van der Waals surface area contributed by atoms with Gasteiger partial charge in [-0.2, -0.15) is 0 Å². The number of alkyl halides is 1. The minimum atomic E-state index is -0.0124. The Morgan fingerprint density at radius 1 is 1.15 bits per heavy atom. The van der Waals surface area contributed by atoms with Crippen LogP contribution in [0.3, 0.4) is 0 Å². The van der Waals surface area contributed by atoms with E-state index in [4.69, 9.17) is 11.6 Å². The average molecular weight is 289 g/mol. The highest BCUT2D eigenvalue weighted by Gasteiger charge is 2.21. The first kappa shape index (κ1) is 13.4. The maximum Gasteiger partial charge on any atom is 0.252 e. The molecule has 1 aliphatic rings. The Hall–Kier alpha value is -1.61. The fraction of sp³-hybridized carbons (Fsp3) is 0.375. The molecule has 0 saturated heterocycles. The summed E-state index contributed by atoms with van der Waals surface area (Å²) in [5, 5.41) is 4.29. The molecule has 1 aromatic heterocycles. The molecule has 1 aromatic carbocycles. The van der Waals surface area contributed by atoms with Gasteiger partial charge in [-0.05, 0) is 37.8 Å². The van der Waals surface area contributed by atoms with Crippen LogP contribution in [0.5, 0.6) is 0 Å². The fourth-order valence-corrected chi connectivity index (χ4v) is 3.01. The molecule has 0 atom stereocenters. The third kappa shape index (κ3) is 2.78. The van der Waals surface area contributed by atoms with Crippen molar-refractivity contribution < 1.29 is 4.79 Å². The van der Waals surface area contributed by atoms with E-state index in [1.807, 2.05) is 24.3 Å². The molecule has 104 valence electrons. The third-order valence-electron chi connectivity index (χ3n) is 3.89. The summed E-state index contributed by atoms with van der Waals surface area (Å²) in [6, 6.07) is 9.74. The van der Waals surface area contributed by atoms with Crippen LogP contribution in [0.2, 0.25) is 0 Å². The number of rotatable bonds is 2. The van der Waals surface area contributed by atoms with Crippen LogP contribution in [0.25, 0.3) is 10.9 Å². The average Bonchev–Trinajstić information content (AvgIpc) is 2.49. The summed E-state index contributed by atoms with van der Waals surface area (Å²) in [6.45, 7) is 0. The van der Waals surface area contributed by atoms with Gasteiger partial charge in [0.1, 0.15) is 0 Å². The number of benzene rings is 1. The van der Waals surface area contributed by atoms with Crippen LogP contribution in [0.15, 0.2) is 36.5 Å². The number of carbonyl (C=O) groups excluding carboxylic acids is 1. The number of amides is 1. The molecule has 1 heterocycles. The lowest BCUT2D eigenvalue weighted by Gasteiger charge is -2.26. The number of nitrogens with one attached hydrogen (secondary N) is 1. The third-order valence-corrected chi connectivity index (χ3v) is 4.32. The molecule has 4 heteroatoms. The van der Waals surface area contributed by atoms with Gasteiger partial charge < -0.3 is 5.32 Å². The van der Waals surface area contributed by atoms with E-state index < -0.39 is 0 Å². The fourth-order valence-electron chi connectivity index (χ4n) is 2.75. The SMILES string of the molecule is O=C(NC1CCC(Cl)CC1)c1ccnc2ccccc12. The topological polar surface area (TPSA) is 42.0 Å². The number of hydrogen-bond acceptors (Lipinski definition) is 2. The molecule has 1 N–H and O–H groups in total. The van der Waals surface area contributed by atoms with Crippen molar-refractivity contribution in [2.24, 2.45) is 0 Å². The molecule has 0 spiro atoms. The van der Waals surface area contributed by atoms with Gasteiger partial charge in [-0.1, -0.05) is 18.2 Å². The molecule has 20 heavy (non-hydrogen) atoms. The molecule has 0 bridgehead atoms. The Morgan fingerprint density at radius 2 is 1.90 bits per heavy atom. The second kappa shape index (κ2) is 5.80. The highest BCUT2D eigenvalue weighted by molar-refractivity contribution is 6.20. The van der Waals surface area contributed by atoms with Crippen LogP contribution in [0.1, 0.15) is 36.0 Å². The molecule has 1 aliphatic carbocycles. The predicted octanol–water partition coefficient (Wildman–Crippen LogP) is 3.51. The van der Waals surface area contributed by atoms with Gasteiger partial charge in [0.2, 0.25) is 0 Å². The van der Waals surface area contributed by atoms with Crippen molar-refractivity contribution in [3.8, 4) is 0 Å². The van der Waals surface area contributed by atoms with Gasteiger partial charge in [-0.25, -0.2) is 0 Å². The Balaban J connectivity index is 1.79. The molecule has 1 saturated carbocycles. The van der Waals surface area contributed by atoms with Gasteiger partial charge >= 0.3 is 0 Å². The normalized spacial score (nSPS) is 22.6. The Labute approximate surface area is 123 Å². The van der Waals surface area contributed by atoms with E-state index >= 15 is 0 Å². The van der Waals surface area contributed by atoms with Crippen LogP contribution in [-0.4, -0.2) is 22.3 Å². The molecule has 3 nitrogen and oxygen atoms in total. The van der Waals surface area contributed by atoms with E-state index in [0.717, 1.165) is 36.6 Å². The second-order valence-electron chi connectivity index (χ2n) is 5.30. The number of halogens is 1. The Kier molecular flexibility index (Phi) is 3.88. The predicted molar refractivity (Wildman–Crippen MR) is 81.1 cm³/mol.